The van der Waals surface area contributed by atoms with Crippen molar-refractivity contribution in [3.8, 4) is 11.5 Å². The molecule has 0 aromatic heterocycles. The Balaban J connectivity index is 0.00000300. The number of hydrogen-bond acceptors (Lipinski definition) is 4. The molecular formula is C24H32ClNO3. The molecule has 1 aliphatic rings. The lowest BCUT2D eigenvalue weighted by molar-refractivity contribution is 0.000332. The van der Waals surface area contributed by atoms with E-state index in [0.29, 0.717) is 0 Å². The Hall–Kier alpha value is -2.01. The van der Waals surface area contributed by atoms with Crippen LogP contribution in [0.4, 0.5) is 0 Å². The number of aromatic hydroxyl groups is 1. The zero-order chi connectivity index (χ0) is 20.1. The molecule has 29 heavy (non-hydrogen) atoms. The number of benzene rings is 2. The van der Waals surface area contributed by atoms with Crippen molar-refractivity contribution in [1.29, 1.82) is 0 Å². The van der Waals surface area contributed by atoms with E-state index < -0.39 is 5.60 Å². The first-order chi connectivity index (χ1) is 13.4. The van der Waals surface area contributed by atoms with E-state index in [1.54, 1.807) is 19.2 Å². The molecule has 1 fully saturated rings. The molecule has 0 aliphatic heterocycles. The minimum atomic E-state index is -1.12. The fraction of sp³-hybridized carbons (Fsp3) is 0.417. The van der Waals surface area contributed by atoms with E-state index in [9.17, 15) is 10.2 Å². The first-order valence-electron chi connectivity index (χ1n) is 9.95. The maximum Gasteiger partial charge on any atom is 0.119 e. The van der Waals surface area contributed by atoms with Gasteiger partial charge in [0.15, 0.2) is 0 Å². The van der Waals surface area contributed by atoms with Crippen molar-refractivity contribution in [3.05, 3.63) is 65.2 Å². The van der Waals surface area contributed by atoms with Crippen molar-refractivity contribution in [3.63, 3.8) is 0 Å². The summed E-state index contributed by atoms with van der Waals surface area (Å²) in [6.45, 7) is 0.779. The van der Waals surface area contributed by atoms with Crippen LogP contribution in [0.15, 0.2) is 54.1 Å². The predicted molar refractivity (Wildman–Crippen MR) is 121 cm³/mol. The minimum Gasteiger partial charge on any atom is -0.508 e. The molecule has 0 amide bonds. The van der Waals surface area contributed by atoms with Crippen LogP contribution < -0.4 is 4.74 Å². The van der Waals surface area contributed by atoms with E-state index in [4.69, 9.17) is 4.74 Å². The molecule has 5 heteroatoms. The van der Waals surface area contributed by atoms with Crippen LogP contribution in [0.3, 0.4) is 0 Å². The molecule has 2 unspecified atom stereocenters. The summed E-state index contributed by atoms with van der Waals surface area (Å²) in [6.07, 6.45) is 5.99. The third kappa shape index (κ3) is 5.33. The highest BCUT2D eigenvalue weighted by atomic mass is 35.5. The fourth-order valence-corrected chi connectivity index (χ4v) is 4.31. The standard InChI is InChI=1S/C24H31NO3.ClH/c1-25(2)17-21-10-5-4-9-19(14-18-8-6-13-23(15-18)28-3)24(21,27)20-11-7-12-22(26)16-20;/h6-8,11-16,21,26-27H,4-5,9-10,17H2,1-3H3;1H. The molecule has 4 nitrogen and oxygen atoms in total. The maximum absolute atomic E-state index is 12.2. The highest BCUT2D eigenvalue weighted by Crippen LogP contribution is 2.45. The Kier molecular flexibility index (Phi) is 8.14. The first-order valence-corrected chi connectivity index (χ1v) is 9.95. The zero-order valence-electron chi connectivity index (χ0n) is 17.5. The molecule has 0 spiro atoms. The number of methoxy groups -OCH3 is 1. The normalized spacial score (nSPS) is 23.5. The van der Waals surface area contributed by atoms with Gasteiger partial charge < -0.3 is 19.8 Å². The van der Waals surface area contributed by atoms with E-state index in [1.807, 2.05) is 50.5 Å². The Morgan fingerprint density at radius 3 is 2.59 bits per heavy atom. The number of phenolic OH excluding ortho intramolecular Hbond substituents is 1. The second-order valence-electron chi connectivity index (χ2n) is 7.97. The lowest BCUT2D eigenvalue weighted by Gasteiger charge is -2.39. The minimum absolute atomic E-state index is 0. The van der Waals surface area contributed by atoms with Gasteiger partial charge in [0.05, 0.1) is 7.11 Å². The second kappa shape index (κ2) is 10.1. The van der Waals surface area contributed by atoms with Gasteiger partial charge in [-0.3, -0.25) is 0 Å². The van der Waals surface area contributed by atoms with E-state index in [2.05, 4.69) is 11.0 Å². The van der Waals surface area contributed by atoms with E-state index in [0.717, 1.165) is 54.7 Å². The summed E-state index contributed by atoms with van der Waals surface area (Å²) in [5.74, 6) is 1.02. The molecule has 2 atom stereocenters. The van der Waals surface area contributed by atoms with Crippen molar-refractivity contribution in [2.24, 2.45) is 5.92 Å². The van der Waals surface area contributed by atoms with Crippen LogP contribution in [0.1, 0.15) is 36.8 Å². The van der Waals surface area contributed by atoms with E-state index >= 15 is 0 Å². The van der Waals surface area contributed by atoms with Gasteiger partial charge in [-0.15, -0.1) is 12.4 Å². The third-order valence-electron chi connectivity index (χ3n) is 5.64. The van der Waals surface area contributed by atoms with Crippen LogP contribution in [0.25, 0.3) is 6.08 Å². The number of ether oxygens (including phenoxy) is 1. The van der Waals surface area contributed by atoms with Gasteiger partial charge in [-0.1, -0.05) is 36.8 Å². The van der Waals surface area contributed by atoms with Gasteiger partial charge in [0, 0.05) is 12.5 Å². The topological polar surface area (TPSA) is 52.9 Å². The summed E-state index contributed by atoms with van der Waals surface area (Å²) in [5, 5.41) is 22.2. The average Bonchev–Trinajstić information content (AvgIpc) is 2.82. The van der Waals surface area contributed by atoms with Gasteiger partial charge in [-0.05, 0) is 74.3 Å². The molecule has 0 heterocycles. The molecule has 1 saturated carbocycles. The third-order valence-corrected chi connectivity index (χ3v) is 5.64. The first kappa shape index (κ1) is 23.3. The van der Waals surface area contributed by atoms with Gasteiger partial charge in [-0.25, -0.2) is 0 Å². The monoisotopic (exact) mass is 417 g/mol. The van der Waals surface area contributed by atoms with Gasteiger partial charge in [0.25, 0.3) is 0 Å². The van der Waals surface area contributed by atoms with Gasteiger partial charge in [0.2, 0.25) is 0 Å². The maximum atomic E-state index is 12.2. The molecule has 158 valence electrons. The van der Waals surface area contributed by atoms with Crippen LogP contribution in [-0.2, 0) is 5.60 Å². The van der Waals surface area contributed by atoms with Crippen molar-refractivity contribution < 1.29 is 14.9 Å². The zero-order valence-corrected chi connectivity index (χ0v) is 18.3. The summed E-state index contributed by atoms with van der Waals surface area (Å²) < 4.78 is 5.36. The van der Waals surface area contributed by atoms with Gasteiger partial charge in [0.1, 0.15) is 17.1 Å². The molecule has 2 aromatic rings. The van der Waals surface area contributed by atoms with Crippen molar-refractivity contribution in [2.45, 2.75) is 31.3 Å². The smallest absolute Gasteiger partial charge is 0.119 e. The predicted octanol–water partition coefficient (Wildman–Crippen LogP) is 4.85. The number of halogens is 1. The van der Waals surface area contributed by atoms with Crippen molar-refractivity contribution in [2.75, 3.05) is 27.7 Å². The number of rotatable bonds is 5. The average molecular weight is 418 g/mol. The largest absolute Gasteiger partial charge is 0.508 e. The van der Waals surface area contributed by atoms with Crippen molar-refractivity contribution in [1.82, 2.24) is 4.90 Å². The Morgan fingerprint density at radius 1 is 1.14 bits per heavy atom. The van der Waals surface area contributed by atoms with Crippen LogP contribution in [0.5, 0.6) is 11.5 Å². The SMILES string of the molecule is COc1cccc(C=C2CCCCC(CN(C)C)C2(O)c2cccc(O)c2)c1.Cl. The highest BCUT2D eigenvalue weighted by Gasteiger charge is 2.43. The molecule has 0 bridgehead atoms. The summed E-state index contributed by atoms with van der Waals surface area (Å²) in [4.78, 5) is 2.13. The Bertz CT molecular complexity index is 836. The molecule has 2 N–H and O–H groups in total. The van der Waals surface area contributed by atoms with Crippen LogP contribution in [0.2, 0.25) is 0 Å². The van der Waals surface area contributed by atoms with Crippen LogP contribution in [0, 0.1) is 5.92 Å². The van der Waals surface area contributed by atoms with E-state index in [-0.39, 0.29) is 24.1 Å². The fourth-order valence-electron chi connectivity index (χ4n) is 4.31. The molecule has 0 saturated heterocycles. The molecule has 1 aliphatic carbocycles. The summed E-state index contributed by atoms with van der Waals surface area (Å²) in [6, 6.07) is 15.0. The van der Waals surface area contributed by atoms with Gasteiger partial charge in [-0.2, -0.15) is 0 Å². The lowest BCUT2D eigenvalue weighted by Crippen LogP contribution is -2.41. The van der Waals surface area contributed by atoms with Crippen LogP contribution in [-0.4, -0.2) is 42.9 Å². The molecular weight excluding hydrogens is 386 g/mol. The molecule has 0 radical (unpaired) electrons. The summed E-state index contributed by atoms with van der Waals surface area (Å²) in [7, 11) is 5.74. The summed E-state index contributed by atoms with van der Waals surface area (Å²) >= 11 is 0. The Labute approximate surface area is 180 Å². The number of phenols is 1. The molecule has 2 aromatic carbocycles. The number of nitrogens with zero attached hydrogens (tertiary/aromatic N) is 1. The quantitative estimate of drug-likeness (QED) is 0.683. The molecule has 3 rings (SSSR count). The van der Waals surface area contributed by atoms with Gasteiger partial charge >= 0.3 is 0 Å². The number of hydrogen-bond donors (Lipinski definition) is 2. The van der Waals surface area contributed by atoms with Crippen molar-refractivity contribution >= 4 is 18.5 Å². The number of aliphatic hydroxyl groups is 1. The Morgan fingerprint density at radius 2 is 1.90 bits per heavy atom. The highest BCUT2D eigenvalue weighted by molar-refractivity contribution is 5.85. The van der Waals surface area contributed by atoms with Crippen LogP contribution >= 0.6 is 12.4 Å². The van der Waals surface area contributed by atoms with E-state index in [1.165, 1.54) is 0 Å². The lowest BCUT2D eigenvalue weighted by atomic mass is 9.74. The second-order valence-corrected chi connectivity index (χ2v) is 7.97. The summed E-state index contributed by atoms with van der Waals surface area (Å²) in [5.41, 5.74) is 1.65.